The molecule has 138 valence electrons. The summed E-state index contributed by atoms with van der Waals surface area (Å²) in [7, 11) is 0. The molecule has 4 heteroatoms. The second-order valence-corrected chi connectivity index (χ2v) is 6.40. The number of benzene rings is 2. The second kappa shape index (κ2) is 9.78. The van der Waals surface area contributed by atoms with Gasteiger partial charge >= 0.3 is 5.97 Å². The molecule has 0 radical (unpaired) electrons. The summed E-state index contributed by atoms with van der Waals surface area (Å²) in [6, 6.07) is 19.1. The van der Waals surface area contributed by atoms with Crippen LogP contribution in [0.15, 0.2) is 66.4 Å². The first-order valence-corrected chi connectivity index (χ1v) is 8.80. The Hall–Kier alpha value is -2.59. The highest BCUT2D eigenvalue weighted by molar-refractivity contribution is 5.91. The first-order valence-electron chi connectivity index (χ1n) is 8.80. The zero-order valence-electron chi connectivity index (χ0n) is 15.5. The fourth-order valence-electron chi connectivity index (χ4n) is 2.32. The van der Waals surface area contributed by atoms with Gasteiger partial charge in [0.1, 0.15) is 12.7 Å². The highest BCUT2D eigenvalue weighted by Gasteiger charge is 2.23. The molecule has 0 heterocycles. The van der Waals surface area contributed by atoms with Crippen molar-refractivity contribution in [2.75, 3.05) is 0 Å². The van der Waals surface area contributed by atoms with E-state index in [0.29, 0.717) is 0 Å². The Balaban J connectivity index is 2.14. The third-order valence-electron chi connectivity index (χ3n) is 4.33. The van der Waals surface area contributed by atoms with Gasteiger partial charge in [0.2, 0.25) is 5.76 Å². The molecule has 26 heavy (non-hydrogen) atoms. The standard InChI is InChI=1S/C22H26O4/c1-16(17(2)23)18(3)26-22(24)21(14-19-10-6-4-7-11-19)25-15-20-12-8-5-9-13-20/h4-14,16-18,23H,15H2,1-3H3/t16?,17-,18+/m1/s1. The summed E-state index contributed by atoms with van der Waals surface area (Å²) in [5.74, 6) is -0.569. The molecule has 2 rings (SSSR count). The maximum Gasteiger partial charge on any atom is 0.373 e. The van der Waals surface area contributed by atoms with Crippen molar-refractivity contribution >= 4 is 12.0 Å². The molecule has 0 bridgehead atoms. The van der Waals surface area contributed by atoms with Crippen LogP contribution in [0.1, 0.15) is 31.9 Å². The van der Waals surface area contributed by atoms with E-state index in [2.05, 4.69) is 0 Å². The van der Waals surface area contributed by atoms with Crippen LogP contribution in [0.3, 0.4) is 0 Å². The number of carbonyl (C=O) groups is 1. The van der Waals surface area contributed by atoms with Crippen molar-refractivity contribution in [2.45, 2.75) is 39.6 Å². The molecular formula is C22H26O4. The molecule has 0 amide bonds. The summed E-state index contributed by atoms with van der Waals surface area (Å²) in [5.41, 5.74) is 1.81. The highest BCUT2D eigenvalue weighted by atomic mass is 16.6. The van der Waals surface area contributed by atoms with Gasteiger partial charge in [0.15, 0.2) is 0 Å². The van der Waals surface area contributed by atoms with Crippen molar-refractivity contribution in [1.82, 2.24) is 0 Å². The summed E-state index contributed by atoms with van der Waals surface area (Å²) in [5, 5.41) is 9.69. The molecule has 2 aromatic rings. The van der Waals surface area contributed by atoms with Crippen LogP contribution in [0.5, 0.6) is 0 Å². The third-order valence-corrected chi connectivity index (χ3v) is 4.33. The molecule has 0 spiro atoms. The molecule has 2 aromatic carbocycles. The monoisotopic (exact) mass is 354 g/mol. The predicted octanol–water partition coefficient (Wildman–Crippen LogP) is 4.19. The lowest BCUT2D eigenvalue weighted by molar-refractivity contribution is -0.151. The number of esters is 1. The maximum absolute atomic E-state index is 12.6. The van der Waals surface area contributed by atoms with Gasteiger partial charge in [-0.05, 0) is 31.1 Å². The Bertz CT molecular complexity index is 707. The molecule has 0 aliphatic carbocycles. The third kappa shape index (κ3) is 6.05. The lowest BCUT2D eigenvalue weighted by Crippen LogP contribution is -2.30. The van der Waals surface area contributed by atoms with E-state index in [1.165, 1.54) is 0 Å². The van der Waals surface area contributed by atoms with E-state index < -0.39 is 18.2 Å². The van der Waals surface area contributed by atoms with Crippen molar-refractivity contribution in [2.24, 2.45) is 5.92 Å². The van der Waals surface area contributed by atoms with Crippen LogP contribution in [0, 0.1) is 5.92 Å². The first kappa shape index (κ1) is 19.7. The first-order chi connectivity index (χ1) is 12.5. The van der Waals surface area contributed by atoms with Gasteiger partial charge < -0.3 is 14.6 Å². The maximum atomic E-state index is 12.6. The molecule has 4 nitrogen and oxygen atoms in total. The number of hydrogen-bond donors (Lipinski definition) is 1. The van der Waals surface area contributed by atoms with Crippen LogP contribution in [-0.2, 0) is 20.9 Å². The topological polar surface area (TPSA) is 55.8 Å². The Kier molecular flexibility index (Phi) is 7.42. The summed E-state index contributed by atoms with van der Waals surface area (Å²) < 4.78 is 11.3. The number of carbonyl (C=O) groups excluding carboxylic acids is 1. The van der Waals surface area contributed by atoms with E-state index in [1.54, 1.807) is 19.9 Å². The SMILES string of the molecule is CC([C@H](C)OC(=O)C(=Cc1ccccc1)OCc1ccccc1)[C@@H](C)O. The van der Waals surface area contributed by atoms with E-state index in [0.717, 1.165) is 11.1 Å². The Morgan fingerprint density at radius 1 is 1.00 bits per heavy atom. The van der Waals surface area contributed by atoms with E-state index in [9.17, 15) is 9.90 Å². The summed E-state index contributed by atoms with van der Waals surface area (Å²) >= 11 is 0. The molecule has 0 saturated carbocycles. The van der Waals surface area contributed by atoms with Crippen LogP contribution in [0.25, 0.3) is 6.08 Å². The number of aliphatic hydroxyl groups excluding tert-OH is 1. The van der Waals surface area contributed by atoms with Crippen LogP contribution in [0.2, 0.25) is 0 Å². The van der Waals surface area contributed by atoms with Crippen LogP contribution in [0.4, 0.5) is 0 Å². The molecule has 0 aliphatic heterocycles. The normalized spacial score (nSPS) is 15.0. The fourth-order valence-corrected chi connectivity index (χ4v) is 2.32. The number of hydrogen-bond acceptors (Lipinski definition) is 4. The molecule has 1 N–H and O–H groups in total. The Morgan fingerprint density at radius 2 is 1.58 bits per heavy atom. The zero-order chi connectivity index (χ0) is 18.9. The molecule has 0 aromatic heterocycles. The van der Waals surface area contributed by atoms with Gasteiger partial charge in [-0.25, -0.2) is 4.79 Å². The molecular weight excluding hydrogens is 328 g/mol. The lowest BCUT2D eigenvalue weighted by Gasteiger charge is -2.23. The highest BCUT2D eigenvalue weighted by Crippen LogP contribution is 2.17. The summed E-state index contributed by atoms with van der Waals surface area (Å²) in [4.78, 5) is 12.6. The minimum atomic E-state index is -0.565. The van der Waals surface area contributed by atoms with Gasteiger partial charge in [-0.15, -0.1) is 0 Å². The van der Waals surface area contributed by atoms with E-state index in [1.807, 2.05) is 67.6 Å². The zero-order valence-corrected chi connectivity index (χ0v) is 15.5. The number of rotatable bonds is 8. The van der Waals surface area contributed by atoms with Gasteiger partial charge in [0, 0.05) is 5.92 Å². The summed E-state index contributed by atoms with van der Waals surface area (Å²) in [6.07, 6.45) is 0.678. The van der Waals surface area contributed by atoms with E-state index in [4.69, 9.17) is 9.47 Å². The van der Waals surface area contributed by atoms with Crippen molar-refractivity contribution in [1.29, 1.82) is 0 Å². The largest absolute Gasteiger partial charge is 0.482 e. The minimum absolute atomic E-state index is 0.143. The van der Waals surface area contributed by atoms with Gasteiger partial charge in [-0.2, -0.15) is 0 Å². The number of ether oxygens (including phenoxy) is 2. The minimum Gasteiger partial charge on any atom is -0.482 e. The second-order valence-electron chi connectivity index (χ2n) is 6.40. The van der Waals surface area contributed by atoms with Gasteiger partial charge in [-0.1, -0.05) is 67.6 Å². The quantitative estimate of drug-likeness (QED) is 0.439. The molecule has 1 unspecified atom stereocenters. The van der Waals surface area contributed by atoms with Crippen LogP contribution >= 0.6 is 0 Å². The molecule has 0 aliphatic rings. The Labute approximate surface area is 155 Å². The Morgan fingerprint density at radius 3 is 2.15 bits per heavy atom. The van der Waals surface area contributed by atoms with Crippen molar-refractivity contribution < 1.29 is 19.4 Å². The van der Waals surface area contributed by atoms with Gasteiger partial charge in [0.25, 0.3) is 0 Å². The summed E-state index contributed by atoms with van der Waals surface area (Å²) in [6.45, 7) is 5.57. The van der Waals surface area contributed by atoms with Gasteiger partial charge in [0.05, 0.1) is 6.10 Å². The molecule has 3 atom stereocenters. The van der Waals surface area contributed by atoms with E-state index in [-0.39, 0.29) is 18.3 Å². The molecule has 0 fully saturated rings. The van der Waals surface area contributed by atoms with Gasteiger partial charge in [-0.3, -0.25) is 0 Å². The van der Waals surface area contributed by atoms with Crippen LogP contribution in [-0.4, -0.2) is 23.3 Å². The van der Waals surface area contributed by atoms with Crippen molar-refractivity contribution in [3.05, 3.63) is 77.5 Å². The average molecular weight is 354 g/mol. The van der Waals surface area contributed by atoms with Crippen molar-refractivity contribution in [3.63, 3.8) is 0 Å². The fraction of sp³-hybridized carbons (Fsp3) is 0.318. The molecule has 0 saturated heterocycles. The number of aliphatic hydroxyl groups is 1. The smallest absolute Gasteiger partial charge is 0.373 e. The average Bonchev–Trinajstić information content (AvgIpc) is 2.65. The van der Waals surface area contributed by atoms with Crippen molar-refractivity contribution in [3.8, 4) is 0 Å². The van der Waals surface area contributed by atoms with Crippen LogP contribution < -0.4 is 0 Å². The van der Waals surface area contributed by atoms with E-state index >= 15 is 0 Å². The lowest BCUT2D eigenvalue weighted by atomic mass is 10.0. The predicted molar refractivity (Wildman–Crippen MR) is 102 cm³/mol.